The molecule has 1 atom stereocenters. The first-order chi connectivity index (χ1) is 9.55. The van der Waals surface area contributed by atoms with Gasteiger partial charge in [-0.3, -0.25) is 0 Å². The summed E-state index contributed by atoms with van der Waals surface area (Å²) in [5.74, 6) is 0.902. The van der Waals surface area contributed by atoms with Crippen molar-refractivity contribution < 1.29 is 0 Å². The molecular weight excluding hydrogens is 242 g/mol. The predicted octanol–water partition coefficient (Wildman–Crippen LogP) is 6.18. The summed E-state index contributed by atoms with van der Waals surface area (Å²) < 4.78 is 0. The lowest BCUT2D eigenvalue weighted by Gasteiger charge is -2.25. The SMILES string of the molecule is CCCCCCCC(CCCC(C)(C)CCC)CNC. The molecule has 0 fully saturated rings. The van der Waals surface area contributed by atoms with Crippen molar-refractivity contribution >= 4 is 0 Å². The zero-order valence-corrected chi connectivity index (χ0v) is 15.1. The molecule has 0 saturated carbocycles. The maximum Gasteiger partial charge on any atom is -0.00235 e. The van der Waals surface area contributed by atoms with E-state index in [0.29, 0.717) is 5.41 Å². The monoisotopic (exact) mass is 283 g/mol. The number of hydrogen-bond acceptors (Lipinski definition) is 1. The smallest absolute Gasteiger partial charge is 0.00235 e. The summed E-state index contributed by atoms with van der Waals surface area (Å²) in [7, 11) is 2.10. The first-order valence-corrected chi connectivity index (χ1v) is 9.20. The Hall–Kier alpha value is -0.0400. The molecule has 0 aromatic carbocycles. The molecule has 1 unspecified atom stereocenters. The van der Waals surface area contributed by atoms with E-state index < -0.39 is 0 Å². The minimum Gasteiger partial charge on any atom is -0.319 e. The van der Waals surface area contributed by atoms with Crippen molar-refractivity contribution in [3.63, 3.8) is 0 Å². The molecule has 0 rings (SSSR count). The Labute approximate surface area is 129 Å². The molecule has 122 valence electrons. The zero-order valence-electron chi connectivity index (χ0n) is 15.1. The number of hydrogen-bond donors (Lipinski definition) is 1. The molecule has 0 aliphatic rings. The van der Waals surface area contributed by atoms with Crippen molar-refractivity contribution in [2.45, 2.75) is 98.3 Å². The summed E-state index contributed by atoms with van der Waals surface area (Å²) in [6.45, 7) is 10.7. The molecule has 0 aliphatic carbocycles. The maximum atomic E-state index is 3.39. The van der Waals surface area contributed by atoms with E-state index in [1.165, 1.54) is 77.2 Å². The number of unbranched alkanes of at least 4 members (excludes halogenated alkanes) is 4. The molecule has 1 heteroatoms. The average molecular weight is 284 g/mol. The molecule has 0 aliphatic heterocycles. The fourth-order valence-electron chi connectivity index (χ4n) is 3.34. The van der Waals surface area contributed by atoms with Gasteiger partial charge in [-0.15, -0.1) is 0 Å². The molecule has 1 N–H and O–H groups in total. The van der Waals surface area contributed by atoms with Gasteiger partial charge in [-0.25, -0.2) is 0 Å². The van der Waals surface area contributed by atoms with Crippen LogP contribution in [0.5, 0.6) is 0 Å². The molecule has 0 saturated heterocycles. The normalized spacial score (nSPS) is 13.7. The lowest BCUT2D eigenvalue weighted by molar-refractivity contribution is 0.276. The lowest BCUT2D eigenvalue weighted by Crippen LogP contribution is -2.20. The van der Waals surface area contributed by atoms with E-state index in [2.05, 4.69) is 40.1 Å². The van der Waals surface area contributed by atoms with Gasteiger partial charge in [0.25, 0.3) is 0 Å². The van der Waals surface area contributed by atoms with Crippen LogP contribution in [-0.2, 0) is 0 Å². The fraction of sp³-hybridized carbons (Fsp3) is 1.00. The molecular formula is C19H41N. The highest BCUT2D eigenvalue weighted by Gasteiger charge is 2.17. The third-order valence-electron chi connectivity index (χ3n) is 4.60. The van der Waals surface area contributed by atoms with E-state index in [9.17, 15) is 0 Å². The molecule has 0 aromatic heterocycles. The Morgan fingerprint density at radius 1 is 0.800 bits per heavy atom. The van der Waals surface area contributed by atoms with Crippen LogP contribution >= 0.6 is 0 Å². The minimum atomic E-state index is 0.556. The molecule has 1 nitrogen and oxygen atoms in total. The molecule has 0 aromatic rings. The second-order valence-electron chi connectivity index (χ2n) is 7.43. The van der Waals surface area contributed by atoms with Crippen LogP contribution in [-0.4, -0.2) is 13.6 Å². The highest BCUT2D eigenvalue weighted by atomic mass is 14.8. The maximum absolute atomic E-state index is 3.39. The van der Waals surface area contributed by atoms with Gasteiger partial charge in [-0.2, -0.15) is 0 Å². The van der Waals surface area contributed by atoms with Crippen LogP contribution < -0.4 is 5.32 Å². The summed E-state index contributed by atoms with van der Waals surface area (Å²) >= 11 is 0. The zero-order chi connectivity index (χ0) is 15.3. The first-order valence-electron chi connectivity index (χ1n) is 9.20. The third kappa shape index (κ3) is 11.8. The van der Waals surface area contributed by atoms with E-state index in [-0.39, 0.29) is 0 Å². The van der Waals surface area contributed by atoms with Crippen LogP contribution in [0.25, 0.3) is 0 Å². The highest BCUT2D eigenvalue weighted by Crippen LogP contribution is 2.30. The van der Waals surface area contributed by atoms with E-state index in [4.69, 9.17) is 0 Å². The standard InChI is InChI=1S/C19H41N/c1-6-8-9-10-11-13-18(17-20-5)14-12-16-19(3,4)15-7-2/h18,20H,6-17H2,1-5H3. The van der Waals surface area contributed by atoms with Gasteiger partial charge < -0.3 is 5.32 Å². The van der Waals surface area contributed by atoms with Crippen LogP contribution in [0, 0.1) is 11.3 Å². The molecule has 0 amide bonds. The van der Waals surface area contributed by atoms with Crippen molar-refractivity contribution in [3.05, 3.63) is 0 Å². The van der Waals surface area contributed by atoms with Gasteiger partial charge >= 0.3 is 0 Å². The third-order valence-corrected chi connectivity index (χ3v) is 4.60. The van der Waals surface area contributed by atoms with E-state index >= 15 is 0 Å². The Morgan fingerprint density at radius 2 is 1.45 bits per heavy atom. The van der Waals surface area contributed by atoms with Crippen LogP contribution in [0.4, 0.5) is 0 Å². The van der Waals surface area contributed by atoms with Gasteiger partial charge in [0, 0.05) is 0 Å². The van der Waals surface area contributed by atoms with Crippen LogP contribution in [0.1, 0.15) is 98.3 Å². The molecule has 0 bridgehead atoms. The Kier molecular flexibility index (Phi) is 12.7. The van der Waals surface area contributed by atoms with Crippen molar-refractivity contribution in [3.8, 4) is 0 Å². The Balaban J connectivity index is 3.78. The molecule has 0 spiro atoms. The summed E-state index contributed by atoms with van der Waals surface area (Å²) in [5.41, 5.74) is 0.556. The molecule has 20 heavy (non-hydrogen) atoms. The molecule has 0 heterocycles. The summed E-state index contributed by atoms with van der Waals surface area (Å²) in [4.78, 5) is 0. The number of nitrogens with one attached hydrogen (secondary N) is 1. The van der Waals surface area contributed by atoms with Gasteiger partial charge in [-0.05, 0) is 50.6 Å². The fourth-order valence-corrected chi connectivity index (χ4v) is 3.34. The van der Waals surface area contributed by atoms with Gasteiger partial charge in [0.2, 0.25) is 0 Å². The van der Waals surface area contributed by atoms with Crippen molar-refractivity contribution in [2.24, 2.45) is 11.3 Å². The first kappa shape index (κ1) is 20.0. The second-order valence-corrected chi connectivity index (χ2v) is 7.43. The largest absolute Gasteiger partial charge is 0.319 e. The Morgan fingerprint density at radius 3 is 2.05 bits per heavy atom. The highest BCUT2D eigenvalue weighted by molar-refractivity contribution is 4.70. The van der Waals surface area contributed by atoms with Gasteiger partial charge in [0.05, 0.1) is 0 Å². The topological polar surface area (TPSA) is 12.0 Å². The molecule has 0 radical (unpaired) electrons. The van der Waals surface area contributed by atoms with Gasteiger partial charge in [0.15, 0.2) is 0 Å². The average Bonchev–Trinajstić information content (AvgIpc) is 2.38. The summed E-state index contributed by atoms with van der Waals surface area (Å²) in [6, 6.07) is 0. The van der Waals surface area contributed by atoms with Crippen LogP contribution in [0.15, 0.2) is 0 Å². The number of rotatable bonds is 14. The van der Waals surface area contributed by atoms with Crippen molar-refractivity contribution in [1.29, 1.82) is 0 Å². The second kappa shape index (κ2) is 12.7. The van der Waals surface area contributed by atoms with Crippen molar-refractivity contribution in [1.82, 2.24) is 5.32 Å². The van der Waals surface area contributed by atoms with Crippen LogP contribution in [0.2, 0.25) is 0 Å². The minimum absolute atomic E-state index is 0.556. The van der Waals surface area contributed by atoms with E-state index in [1.807, 2.05) is 0 Å². The van der Waals surface area contributed by atoms with Crippen molar-refractivity contribution in [2.75, 3.05) is 13.6 Å². The van der Waals surface area contributed by atoms with E-state index in [0.717, 1.165) is 5.92 Å². The van der Waals surface area contributed by atoms with Crippen LogP contribution in [0.3, 0.4) is 0 Å². The summed E-state index contributed by atoms with van der Waals surface area (Å²) in [5, 5.41) is 3.39. The van der Waals surface area contributed by atoms with Gasteiger partial charge in [0.1, 0.15) is 0 Å². The predicted molar refractivity (Wildman–Crippen MR) is 93.3 cm³/mol. The van der Waals surface area contributed by atoms with E-state index in [1.54, 1.807) is 0 Å². The summed E-state index contributed by atoms with van der Waals surface area (Å²) in [6.07, 6.45) is 15.4. The quantitative estimate of drug-likeness (QED) is 0.375. The Bertz CT molecular complexity index is 198. The van der Waals surface area contributed by atoms with Gasteiger partial charge in [-0.1, -0.05) is 72.6 Å². The lowest BCUT2D eigenvalue weighted by atomic mass is 9.81.